The molecule has 1 fully saturated rings. The number of carbonyl (C=O) groups is 2. The van der Waals surface area contributed by atoms with Crippen LogP contribution in [0, 0.1) is 0 Å². The number of hydrogen-bond acceptors (Lipinski definition) is 6. The molecular formula is C16H15F2N7O3. The van der Waals surface area contributed by atoms with Crippen LogP contribution in [0.3, 0.4) is 0 Å². The Balaban J connectivity index is 1.44. The number of rotatable bonds is 5. The van der Waals surface area contributed by atoms with Crippen LogP contribution in [0.4, 0.5) is 13.6 Å². The summed E-state index contributed by atoms with van der Waals surface area (Å²) in [6, 6.07) is 4.64. The van der Waals surface area contributed by atoms with E-state index in [0.717, 1.165) is 4.90 Å². The van der Waals surface area contributed by atoms with Crippen LogP contribution in [0.1, 0.15) is 21.9 Å². The summed E-state index contributed by atoms with van der Waals surface area (Å²) in [5.74, 6) is -2.92. The average molecular weight is 391 g/mol. The number of fused-ring (bicyclic) bond motifs is 1. The summed E-state index contributed by atoms with van der Waals surface area (Å²) < 4.78 is 31.4. The average Bonchev–Trinajstić information content (AvgIpc) is 3.32. The van der Waals surface area contributed by atoms with Gasteiger partial charge in [0.25, 0.3) is 11.8 Å². The largest absolute Gasteiger partial charge is 0.343 e. The van der Waals surface area contributed by atoms with Crippen LogP contribution >= 0.6 is 0 Å². The van der Waals surface area contributed by atoms with Crippen molar-refractivity contribution in [3.63, 3.8) is 0 Å². The highest BCUT2D eigenvalue weighted by atomic mass is 19.3. The second kappa shape index (κ2) is 6.87. The molecule has 1 aliphatic heterocycles. The fraction of sp³-hybridized carbons (Fsp3) is 0.312. The first-order valence-electron chi connectivity index (χ1n) is 8.33. The van der Waals surface area contributed by atoms with Crippen molar-refractivity contribution < 1.29 is 23.0 Å². The monoisotopic (exact) mass is 391 g/mol. The molecule has 1 aromatic carbocycles. The summed E-state index contributed by atoms with van der Waals surface area (Å²) in [5.41, 5.74) is 2.03. The van der Waals surface area contributed by atoms with Gasteiger partial charge in [0.2, 0.25) is 0 Å². The second-order valence-electron chi connectivity index (χ2n) is 6.38. The molecule has 0 unspecified atom stereocenters. The van der Waals surface area contributed by atoms with E-state index >= 15 is 0 Å². The summed E-state index contributed by atoms with van der Waals surface area (Å²) in [6.07, 6.45) is 1.19. The maximum absolute atomic E-state index is 13.5. The Labute approximate surface area is 156 Å². The Bertz CT molecular complexity index is 1020. The molecule has 0 spiro atoms. The molecule has 2 aromatic heterocycles. The zero-order valence-corrected chi connectivity index (χ0v) is 14.4. The van der Waals surface area contributed by atoms with Crippen LogP contribution in [-0.2, 0) is 13.1 Å². The standard InChI is InChI=1S/C16H15F2N7O3/c17-16(18)7-20-15(27)25(8-16)6-9-1-2-10-11(3-9)23-13(22-10)5-19-14(26)12-4-21-28-24-12/h1-4H,5-8H2,(H,19,26)(H,20,27)(H,22,23). The zero-order valence-electron chi connectivity index (χ0n) is 14.4. The summed E-state index contributed by atoms with van der Waals surface area (Å²) in [5, 5.41) is 11.6. The highest BCUT2D eigenvalue weighted by Crippen LogP contribution is 2.21. The minimum Gasteiger partial charge on any atom is -0.343 e. The first kappa shape index (κ1) is 17.8. The lowest BCUT2D eigenvalue weighted by atomic mass is 10.1. The van der Waals surface area contributed by atoms with Gasteiger partial charge in [-0.3, -0.25) is 4.79 Å². The van der Waals surface area contributed by atoms with Crippen LogP contribution in [0.25, 0.3) is 11.0 Å². The Kier molecular flexibility index (Phi) is 4.37. The van der Waals surface area contributed by atoms with Gasteiger partial charge in [-0.2, -0.15) is 0 Å². The number of hydrogen-bond donors (Lipinski definition) is 3. The number of imidazole rings is 1. The molecule has 1 aliphatic rings. The van der Waals surface area contributed by atoms with E-state index < -0.39 is 31.0 Å². The van der Waals surface area contributed by atoms with E-state index in [4.69, 9.17) is 0 Å². The zero-order chi connectivity index (χ0) is 19.7. The van der Waals surface area contributed by atoms with Gasteiger partial charge in [-0.15, -0.1) is 0 Å². The van der Waals surface area contributed by atoms with Crippen molar-refractivity contribution in [3.05, 3.63) is 41.5 Å². The molecule has 0 atom stereocenters. The van der Waals surface area contributed by atoms with Crippen molar-refractivity contribution in [1.82, 2.24) is 35.8 Å². The fourth-order valence-corrected chi connectivity index (χ4v) is 2.88. The molecule has 28 heavy (non-hydrogen) atoms. The number of halogens is 2. The third kappa shape index (κ3) is 3.75. The number of H-pyrrole nitrogens is 1. The van der Waals surface area contributed by atoms with Crippen molar-refractivity contribution in [2.45, 2.75) is 19.0 Å². The molecule has 0 saturated carbocycles. The van der Waals surface area contributed by atoms with Crippen LogP contribution in [0.15, 0.2) is 29.0 Å². The fourth-order valence-electron chi connectivity index (χ4n) is 2.88. The maximum atomic E-state index is 13.5. The molecule has 3 N–H and O–H groups in total. The Morgan fingerprint density at radius 3 is 3.04 bits per heavy atom. The molecule has 4 rings (SSSR count). The maximum Gasteiger partial charge on any atom is 0.318 e. The number of alkyl halides is 2. The van der Waals surface area contributed by atoms with Gasteiger partial charge in [0.1, 0.15) is 12.0 Å². The summed E-state index contributed by atoms with van der Waals surface area (Å²) in [7, 11) is 0. The van der Waals surface area contributed by atoms with E-state index in [2.05, 4.69) is 35.5 Å². The molecule has 146 valence electrons. The quantitative estimate of drug-likeness (QED) is 0.596. The third-order valence-electron chi connectivity index (χ3n) is 4.19. The van der Waals surface area contributed by atoms with Gasteiger partial charge in [0.05, 0.1) is 30.7 Å². The lowest BCUT2D eigenvalue weighted by molar-refractivity contribution is -0.0367. The third-order valence-corrected chi connectivity index (χ3v) is 4.19. The molecule has 3 amide bonds. The van der Waals surface area contributed by atoms with Crippen molar-refractivity contribution >= 4 is 23.0 Å². The van der Waals surface area contributed by atoms with Crippen LogP contribution in [0.2, 0.25) is 0 Å². The topological polar surface area (TPSA) is 129 Å². The molecule has 1 saturated heterocycles. The predicted molar refractivity (Wildman–Crippen MR) is 90.3 cm³/mol. The smallest absolute Gasteiger partial charge is 0.318 e. The lowest BCUT2D eigenvalue weighted by Crippen LogP contribution is -2.56. The molecule has 10 nitrogen and oxygen atoms in total. The number of aromatic nitrogens is 4. The molecule has 0 bridgehead atoms. The van der Waals surface area contributed by atoms with Crippen LogP contribution in [0.5, 0.6) is 0 Å². The Hall–Kier alpha value is -3.57. The Morgan fingerprint density at radius 2 is 2.25 bits per heavy atom. The number of benzene rings is 1. The van der Waals surface area contributed by atoms with Crippen molar-refractivity contribution in [1.29, 1.82) is 0 Å². The predicted octanol–water partition coefficient (Wildman–Crippen LogP) is 1.04. The number of urea groups is 1. The normalized spacial score (nSPS) is 16.2. The first-order chi connectivity index (χ1) is 13.4. The SMILES string of the molecule is O=C(NCc1nc2ccc(CN3CC(F)(F)CNC3=O)cc2[nH]1)c1cnon1. The molecule has 0 radical (unpaired) electrons. The van der Waals surface area contributed by atoms with Crippen molar-refractivity contribution in [3.8, 4) is 0 Å². The second-order valence-corrected chi connectivity index (χ2v) is 6.38. The van der Waals surface area contributed by atoms with E-state index in [1.54, 1.807) is 18.2 Å². The molecular weight excluding hydrogens is 376 g/mol. The summed E-state index contributed by atoms with van der Waals surface area (Å²) in [6.45, 7) is -1.12. The number of nitrogens with one attached hydrogen (secondary N) is 3. The number of nitrogens with zero attached hydrogens (tertiary/aromatic N) is 4. The highest BCUT2D eigenvalue weighted by Gasteiger charge is 2.38. The van der Waals surface area contributed by atoms with Crippen molar-refractivity contribution in [2.75, 3.05) is 13.1 Å². The number of aromatic amines is 1. The summed E-state index contributed by atoms with van der Waals surface area (Å²) in [4.78, 5) is 32.1. The van der Waals surface area contributed by atoms with Crippen LogP contribution < -0.4 is 10.6 Å². The van der Waals surface area contributed by atoms with E-state index in [-0.39, 0.29) is 18.8 Å². The van der Waals surface area contributed by atoms with Gasteiger partial charge >= 0.3 is 6.03 Å². The minimum absolute atomic E-state index is 0.0433. The van der Waals surface area contributed by atoms with Crippen LogP contribution in [-0.4, -0.2) is 56.1 Å². The van der Waals surface area contributed by atoms with Gasteiger partial charge in [-0.05, 0) is 22.9 Å². The first-order valence-corrected chi connectivity index (χ1v) is 8.33. The number of amides is 3. The van der Waals surface area contributed by atoms with E-state index in [1.807, 2.05) is 0 Å². The Morgan fingerprint density at radius 1 is 1.39 bits per heavy atom. The van der Waals surface area contributed by atoms with E-state index in [0.29, 0.717) is 22.4 Å². The number of carbonyl (C=O) groups excluding carboxylic acids is 2. The van der Waals surface area contributed by atoms with Gasteiger partial charge in [-0.25, -0.2) is 23.2 Å². The summed E-state index contributed by atoms with van der Waals surface area (Å²) >= 11 is 0. The van der Waals surface area contributed by atoms with Gasteiger partial charge in [0.15, 0.2) is 5.69 Å². The minimum atomic E-state index is -2.96. The van der Waals surface area contributed by atoms with Gasteiger partial charge < -0.3 is 20.5 Å². The molecule has 0 aliphatic carbocycles. The van der Waals surface area contributed by atoms with Crippen molar-refractivity contribution in [2.24, 2.45) is 0 Å². The molecule has 12 heteroatoms. The molecule has 3 heterocycles. The lowest BCUT2D eigenvalue weighted by Gasteiger charge is -2.32. The van der Waals surface area contributed by atoms with E-state index in [9.17, 15) is 18.4 Å². The van der Waals surface area contributed by atoms with E-state index in [1.165, 1.54) is 6.20 Å². The van der Waals surface area contributed by atoms with Gasteiger partial charge in [0, 0.05) is 6.54 Å². The van der Waals surface area contributed by atoms with Gasteiger partial charge in [-0.1, -0.05) is 11.2 Å². The highest BCUT2D eigenvalue weighted by molar-refractivity contribution is 5.91. The molecule has 3 aromatic rings.